The van der Waals surface area contributed by atoms with Gasteiger partial charge in [0.05, 0.1) is 12.3 Å². The van der Waals surface area contributed by atoms with Crippen molar-refractivity contribution in [3.8, 4) is 0 Å². The zero-order valence-corrected chi connectivity index (χ0v) is 15.4. The summed E-state index contributed by atoms with van der Waals surface area (Å²) in [6, 6.07) is 11.3. The zero-order chi connectivity index (χ0) is 19.4. The molecule has 3 rings (SSSR count). The van der Waals surface area contributed by atoms with Crippen LogP contribution in [0.5, 0.6) is 0 Å². The first-order valence-electron chi connectivity index (χ1n) is 8.98. The van der Waals surface area contributed by atoms with Crippen LogP contribution in [0.15, 0.2) is 47.6 Å². The average Bonchev–Trinajstić information content (AvgIpc) is 3.11. The molecule has 0 radical (unpaired) electrons. The summed E-state index contributed by atoms with van der Waals surface area (Å²) in [4.78, 5) is 19.4. The van der Waals surface area contributed by atoms with E-state index in [9.17, 15) is 13.6 Å². The molecule has 0 fully saturated rings. The summed E-state index contributed by atoms with van der Waals surface area (Å²) in [5.41, 5.74) is 3.25. The third-order valence-corrected chi connectivity index (χ3v) is 4.64. The smallest absolute Gasteiger partial charge is 0.222 e. The lowest BCUT2D eigenvalue weighted by atomic mass is 10.00. The van der Waals surface area contributed by atoms with Gasteiger partial charge in [0.15, 0.2) is 6.10 Å². The Labute approximate surface area is 157 Å². The number of halogens is 2. The zero-order valence-electron chi connectivity index (χ0n) is 15.4. The summed E-state index contributed by atoms with van der Waals surface area (Å²) in [6.45, 7) is 4.12. The van der Waals surface area contributed by atoms with Gasteiger partial charge in [-0.05, 0) is 18.6 Å². The summed E-state index contributed by atoms with van der Waals surface area (Å²) < 4.78 is 27.1. The number of amides is 1. The molecule has 6 heteroatoms. The van der Waals surface area contributed by atoms with Gasteiger partial charge >= 0.3 is 0 Å². The van der Waals surface area contributed by atoms with Crippen LogP contribution in [0.4, 0.5) is 8.78 Å². The fraction of sp³-hybridized carbons (Fsp3) is 0.333. The van der Waals surface area contributed by atoms with E-state index in [1.54, 1.807) is 6.92 Å². The molecule has 1 atom stereocenters. The van der Waals surface area contributed by atoms with Gasteiger partial charge < -0.3 is 9.74 Å². The Balaban J connectivity index is 1.69. The number of nitrogens with zero attached hydrogens (tertiary/aromatic N) is 2. The lowest BCUT2D eigenvalue weighted by Crippen LogP contribution is -2.37. The van der Waals surface area contributed by atoms with Crippen LogP contribution in [0, 0.1) is 18.6 Å². The van der Waals surface area contributed by atoms with E-state index in [-0.39, 0.29) is 24.1 Å². The number of rotatable bonds is 6. The molecule has 4 nitrogen and oxygen atoms in total. The molecular formula is C21H22F2N2O2. The van der Waals surface area contributed by atoms with Gasteiger partial charge in [0.1, 0.15) is 11.6 Å². The van der Waals surface area contributed by atoms with Crippen molar-refractivity contribution in [2.45, 2.75) is 39.3 Å². The van der Waals surface area contributed by atoms with E-state index in [0.717, 1.165) is 22.9 Å². The number of hydrogen-bond donors (Lipinski definition) is 0. The largest absolute Gasteiger partial charge is 0.390 e. The third kappa shape index (κ3) is 4.51. The molecule has 2 aromatic rings. The fourth-order valence-electron chi connectivity index (χ4n) is 3.16. The van der Waals surface area contributed by atoms with Crippen molar-refractivity contribution in [2.75, 3.05) is 6.54 Å². The highest BCUT2D eigenvalue weighted by Gasteiger charge is 2.27. The molecule has 0 N–H and O–H groups in total. The molecule has 0 saturated heterocycles. The highest BCUT2D eigenvalue weighted by molar-refractivity contribution is 6.02. The van der Waals surface area contributed by atoms with Gasteiger partial charge in [0, 0.05) is 36.6 Å². The fourth-order valence-corrected chi connectivity index (χ4v) is 3.16. The molecule has 1 aliphatic rings. The van der Waals surface area contributed by atoms with E-state index in [1.165, 1.54) is 17.0 Å². The third-order valence-electron chi connectivity index (χ3n) is 4.64. The first-order chi connectivity index (χ1) is 13.0. The summed E-state index contributed by atoms with van der Waals surface area (Å²) >= 11 is 0. The molecule has 0 spiro atoms. The molecule has 0 aliphatic carbocycles. The molecule has 1 heterocycles. The van der Waals surface area contributed by atoms with Crippen molar-refractivity contribution < 1.29 is 18.4 Å². The molecule has 0 aromatic heterocycles. The minimum atomic E-state index is -0.659. The Hall–Kier alpha value is -2.76. The average molecular weight is 372 g/mol. The second kappa shape index (κ2) is 8.29. The minimum Gasteiger partial charge on any atom is -0.390 e. The molecule has 0 saturated carbocycles. The van der Waals surface area contributed by atoms with Crippen LogP contribution in [0.2, 0.25) is 0 Å². The van der Waals surface area contributed by atoms with Crippen molar-refractivity contribution >= 4 is 11.6 Å². The first-order valence-corrected chi connectivity index (χ1v) is 8.98. The molecule has 27 heavy (non-hydrogen) atoms. The van der Waals surface area contributed by atoms with Crippen LogP contribution in [-0.4, -0.2) is 29.2 Å². The minimum absolute atomic E-state index is 0.0678. The van der Waals surface area contributed by atoms with Gasteiger partial charge in [-0.2, -0.15) is 0 Å². The Morgan fingerprint density at radius 2 is 2.04 bits per heavy atom. The van der Waals surface area contributed by atoms with Crippen molar-refractivity contribution in [3.05, 3.63) is 70.8 Å². The molecule has 1 aliphatic heterocycles. The van der Waals surface area contributed by atoms with E-state index in [4.69, 9.17) is 4.84 Å². The maximum Gasteiger partial charge on any atom is 0.222 e. The number of carbonyl (C=O) groups excluding carboxylic acids is 1. The number of aryl methyl sites for hydroxylation is 1. The maximum absolute atomic E-state index is 14.0. The predicted molar refractivity (Wildman–Crippen MR) is 99.3 cm³/mol. The molecule has 0 bridgehead atoms. The summed E-state index contributed by atoms with van der Waals surface area (Å²) in [5, 5.41) is 4.18. The second-order valence-corrected chi connectivity index (χ2v) is 6.65. The standard InChI is InChI=1S/C21H22F2N2O2/c1-3-21(26)25(12-15-8-9-16(22)10-19(15)23)13-17-11-20(24-27-17)18-7-5-4-6-14(18)2/h4-10,17H,3,11-13H2,1-2H3/t17-/m0/s1. The van der Waals surface area contributed by atoms with Crippen molar-refractivity contribution in [3.63, 3.8) is 0 Å². The van der Waals surface area contributed by atoms with Crippen LogP contribution in [-0.2, 0) is 16.2 Å². The first kappa shape index (κ1) is 19.0. The van der Waals surface area contributed by atoms with Crippen molar-refractivity contribution in [1.29, 1.82) is 0 Å². The monoisotopic (exact) mass is 372 g/mol. The Morgan fingerprint density at radius 1 is 1.26 bits per heavy atom. The molecule has 0 unspecified atom stereocenters. The second-order valence-electron chi connectivity index (χ2n) is 6.65. The van der Waals surface area contributed by atoms with Gasteiger partial charge in [-0.25, -0.2) is 8.78 Å². The number of oxime groups is 1. The lowest BCUT2D eigenvalue weighted by Gasteiger charge is -2.24. The lowest BCUT2D eigenvalue weighted by molar-refractivity contribution is -0.133. The van der Waals surface area contributed by atoms with E-state index in [2.05, 4.69) is 5.16 Å². The number of hydrogen-bond acceptors (Lipinski definition) is 3. The van der Waals surface area contributed by atoms with E-state index >= 15 is 0 Å². The van der Waals surface area contributed by atoms with Crippen LogP contribution in [0.25, 0.3) is 0 Å². The van der Waals surface area contributed by atoms with Crippen molar-refractivity contribution in [2.24, 2.45) is 5.16 Å². The maximum atomic E-state index is 14.0. The van der Waals surface area contributed by atoms with Crippen LogP contribution >= 0.6 is 0 Å². The topological polar surface area (TPSA) is 41.9 Å². The van der Waals surface area contributed by atoms with Gasteiger partial charge in [-0.15, -0.1) is 0 Å². The van der Waals surface area contributed by atoms with Gasteiger partial charge in [-0.1, -0.05) is 42.4 Å². The Kier molecular flexibility index (Phi) is 5.84. The van der Waals surface area contributed by atoms with Gasteiger partial charge in [0.2, 0.25) is 5.91 Å². The molecular weight excluding hydrogens is 350 g/mol. The summed E-state index contributed by atoms with van der Waals surface area (Å²) in [7, 11) is 0. The normalized spacial score (nSPS) is 16.0. The molecule has 142 valence electrons. The van der Waals surface area contributed by atoms with E-state index in [0.29, 0.717) is 19.4 Å². The van der Waals surface area contributed by atoms with Crippen molar-refractivity contribution in [1.82, 2.24) is 4.90 Å². The van der Waals surface area contributed by atoms with E-state index in [1.807, 2.05) is 31.2 Å². The predicted octanol–water partition coefficient (Wildman–Crippen LogP) is 4.21. The summed E-state index contributed by atoms with van der Waals surface area (Å²) in [6.07, 6.45) is 0.573. The number of carbonyl (C=O) groups is 1. The number of benzene rings is 2. The Morgan fingerprint density at radius 3 is 2.74 bits per heavy atom. The van der Waals surface area contributed by atoms with Crippen LogP contribution in [0.3, 0.4) is 0 Å². The van der Waals surface area contributed by atoms with Crippen LogP contribution in [0.1, 0.15) is 36.5 Å². The molecule has 2 aromatic carbocycles. The highest BCUT2D eigenvalue weighted by Crippen LogP contribution is 2.21. The highest BCUT2D eigenvalue weighted by atomic mass is 19.1. The quantitative estimate of drug-likeness (QED) is 0.762. The van der Waals surface area contributed by atoms with E-state index < -0.39 is 11.6 Å². The Bertz CT molecular complexity index is 867. The van der Waals surface area contributed by atoms with Gasteiger partial charge in [0.25, 0.3) is 0 Å². The van der Waals surface area contributed by atoms with Gasteiger partial charge in [-0.3, -0.25) is 4.79 Å². The SMILES string of the molecule is CCC(=O)N(Cc1ccc(F)cc1F)C[C@@H]1CC(c2ccccc2C)=NO1. The molecule has 1 amide bonds. The van der Waals surface area contributed by atoms with Crippen LogP contribution < -0.4 is 0 Å². The summed E-state index contributed by atoms with van der Waals surface area (Å²) in [5.74, 6) is -1.42.